The lowest BCUT2D eigenvalue weighted by molar-refractivity contribution is -0.115. The minimum Gasteiger partial charge on any atom is -0.364 e. The highest BCUT2D eigenvalue weighted by atomic mass is 19.1. The molecule has 1 aromatic rings. The third kappa shape index (κ3) is 2.66. The summed E-state index contributed by atoms with van der Waals surface area (Å²) in [6, 6.07) is 5.20. The van der Waals surface area contributed by atoms with Crippen molar-refractivity contribution in [3.63, 3.8) is 0 Å². The molecule has 0 bridgehead atoms. The molecule has 0 atom stereocenters. The summed E-state index contributed by atoms with van der Waals surface area (Å²) in [5.74, 6) is -2.75. The van der Waals surface area contributed by atoms with Crippen LogP contribution in [0.25, 0.3) is 6.08 Å². The highest BCUT2D eigenvalue weighted by Crippen LogP contribution is 2.09. The number of primary amides is 1. The van der Waals surface area contributed by atoms with Gasteiger partial charge in [-0.15, -0.1) is 0 Å². The van der Waals surface area contributed by atoms with E-state index in [1.807, 2.05) is 0 Å². The predicted octanol–water partition coefficient (Wildman–Crippen LogP) is 1.62. The fourth-order valence-electron chi connectivity index (χ4n) is 0.814. The summed E-state index contributed by atoms with van der Waals surface area (Å²) in [7, 11) is 0. The zero-order chi connectivity index (χ0) is 9.84. The van der Waals surface area contributed by atoms with Crippen LogP contribution in [0.4, 0.5) is 8.78 Å². The molecule has 0 aliphatic carbocycles. The van der Waals surface area contributed by atoms with E-state index in [4.69, 9.17) is 0 Å². The van der Waals surface area contributed by atoms with Crippen molar-refractivity contribution >= 4 is 12.0 Å². The minimum absolute atomic E-state index is 0.260. The van der Waals surface area contributed by atoms with E-state index >= 15 is 0 Å². The van der Waals surface area contributed by atoms with Gasteiger partial charge in [0.1, 0.15) is 5.82 Å². The van der Waals surface area contributed by atoms with E-state index in [9.17, 15) is 13.6 Å². The smallest absolute Gasteiger partial charge is 0.277 e. The van der Waals surface area contributed by atoms with E-state index in [0.717, 1.165) is 12.1 Å². The molecule has 1 amide bonds. The molecule has 0 aliphatic heterocycles. The van der Waals surface area contributed by atoms with Crippen LogP contribution < -0.4 is 5.73 Å². The molecule has 13 heavy (non-hydrogen) atoms. The lowest BCUT2D eigenvalue weighted by Gasteiger charge is -1.93. The van der Waals surface area contributed by atoms with Crippen LogP contribution in [0.2, 0.25) is 0 Å². The van der Waals surface area contributed by atoms with Crippen LogP contribution in [0, 0.1) is 5.82 Å². The molecule has 0 aromatic heterocycles. The Bertz CT molecular complexity index is 360. The second-order valence-electron chi connectivity index (χ2n) is 2.41. The first-order valence-electron chi connectivity index (χ1n) is 3.52. The standard InChI is InChI=1S/C9H7F2NO/c10-7-3-1-2-6(4-7)5-8(11)9(12)13/h1-5H,(H2,12,13)/b8-5-. The van der Waals surface area contributed by atoms with Crippen LogP contribution >= 0.6 is 0 Å². The van der Waals surface area contributed by atoms with Gasteiger partial charge in [-0.1, -0.05) is 12.1 Å². The van der Waals surface area contributed by atoms with E-state index in [1.165, 1.54) is 18.2 Å². The van der Waals surface area contributed by atoms with Gasteiger partial charge < -0.3 is 5.73 Å². The van der Waals surface area contributed by atoms with E-state index in [1.54, 1.807) is 0 Å². The Hall–Kier alpha value is -1.71. The number of nitrogens with two attached hydrogens (primary N) is 1. The Labute approximate surface area is 73.7 Å². The van der Waals surface area contributed by atoms with Crippen LogP contribution in [0.5, 0.6) is 0 Å². The van der Waals surface area contributed by atoms with Crippen molar-refractivity contribution in [2.75, 3.05) is 0 Å². The molecule has 2 nitrogen and oxygen atoms in total. The molecule has 0 spiro atoms. The van der Waals surface area contributed by atoms with Crippen LogP contribution in [-0.4, -0.2) is 5.91 Å². The van der Waals surface area contributed by atoms with Gasteiger partial charge in [-0.05, 0) is 23.8 Å². The van der Waals surface area contributed by atoms with Crippen LogP contribution in [-0.2, 0) is 4.79 Å². The summed E-state index contributed by atoms with van der Waals surface area (Å²) in [5, 5.41) is 0. The van der Waals surface area contributed by atoms with Crippen LogP contribution in [0.1, 0.15) is 5.56 Å². The fourth-order valence-corrected chi connectivity index (χ4v) is 0.814. The molecule has 4 heteroatoms. The maximum absolute atomic E-state index is 12.6. The second kappa shape index (κ2) is 3.80. The molecule has 0 aliphatic rings. The van der Waals surface area contributed by atoms with E-state index in [0.29, 0.717) is 0 Å². The average molecular weight is 183 g/mol. The molecular weight excluding hydrogens is 176 g/mol. The molecule has 0 heterocycles. The number of carbonyl (C=O) groups excluding carboxylic acids is 1. The number of halogens is 2. The molecule has 2 N–H and O–H groups in total. The monoisotopic (exact) mass is 183 g/mol. The zero-order valence-corrected chi connectivity index (χ0v) is 6.63. The van der Waals surface area contributed by atoms with Gasteiger partial charge in [-0.2, -0.15) is 0 Å². The summed E-state index contributed by atoms with van der Waals surface area (Å²) in [6.07, 6.45) is 0.880. The molecule has 0 radical (unpaired) electrons. The normalized spacial score (nSPS) is 11.4. The number of carbonyl (C=O) groups is 1. The largest absolute Gasteiger partial charge is 0.364 e. The first-order valence-corrected chi connectivity index (χ1v) is 3.52. The lowest BCUT2D eigenvalue weighted by Crippen LogP contribution is -2.10. The Kier molecular flexibility index (Phi) is 2.74. The Morgan fingerprint density at radius 2 is 2.15 bits per heavy atom. The second-order valence-corrected chi connectivity index (χ2v) is 2.41. The third-order valence-corrected chi connectivity index (χ3v) is 1.38. The van der Waals surface area contributed by atoms with Crippen LogP contribution in [0.15, 0.2) is 30.1 Å². The Morgan fingerprint density at radius 1 is 1.46 bits per heavy atom. The van der Waals surface area contributed by atoms with Crippen molar-refractivity contribution in [1.29, 1.82) is 0 Å². The Balaban J connectivity index is 2.97. The maximum atomic E-state index is 12.6. The van der Waals surface area contributed by atoms with Crippen molar-refractivity contribution in [2.45, 2.75) is 0 Å². The quantitative estimate of drug-likeness (QED) is 0.695. The molecule has 0 saturated heterocycles. The maximum Gasteiger partial charge on any atom is 0.277 e. The van der Waals surface area contributed by atoms with Crippen molar-refractivity contribution in [2.24, 2.45) is 5.73 Å². The molecule has 1 rings (SSSR count). The number of amides is 1. The summed E-state index contributed by atoms with van der Waals surface area (Å²) >= 11 is 0. The summed E-state index contributed by atoms with van der Waals surface area (Å²) in [6.45, 7) is 0. The van der Waals surface area contributed by atoms with Gasteiger partial charge in [0.25, 0.3) is 5.91 Å². The van der Waals surface area contributed by atoms with E-state index < -0.39 is 17.6 Å². The van der Waals surface area contributed by atoms with Gasteiger partial charge in [-0.3, -0.25) is 4.79 Å². The van der Waals surface area contributed by atoms with Crippen molar-refractivity contribution in [1.82, 2.24) is 0 Å². The highest BCUT2D eigenvalue weighted by Gasteiger charge is 2.02. The summed E-state index contributed by atoms with van der Waals surface area (Å²) in [4.78, 5) is 10.3. The Morgan fingerprint density at radius 3 is 2.69 bits per heavy atom. The average Bonchev–Trinajstić information content (AvgIpc) is 2.04. The molecule has 0 unspecified atom stereocenters. The van der Waals surface area contributed by atoms with Gasteiger partial charge in [0.15, 0.2) is 5.83 Å². The van der Waals surface area contributed by atoms with E-state index in [-0.39, 0.29) is 5.56 Å². The van der Waals surface area contributed by atoms with E-state index in [2.05, 4.69) is 5.73 Å². The first-order chi connectivity index (χ1) is 6.09. The van der Waals surface area contributed by atoms with Gasteiger partial charge >= 0.3 is 0 Å². The minimum atomic E-state index is -1.16. The van der Waals surface area contributed by atoms with Crippen molar-refractivity contribution in [3.8, 4) is 0 Å². The first kappa shape index (κ1) is 9.38. The SMILES string of the molecule is NC(=O)/C(F)=C/c1cccc(F)c1. The highest BCUT2D eigenvalue weighted by molar-refractivity contribution is 5.94. The number of benzene rings is 1. The van der Waals surface area contributed by atoms with Crippen molar-refractivity contribution < 1.29 is 13.6 Å². The molecular formula is C9H7F2NO. The topological polar surface area (TPSA) is 43.1 Å². The molecule has 1 aromatic carbocycles. The third-order valence-electron chi connectivity index (χ3n) is 1.38. The fraction of sp³-hybridized carbons (Fsp3) is 0. The summed E-state index contributed by atoms with van der Waals surface area (Å²) < 4.78 is 25.2. The number of hydrogen-bond acceptors (Lipinski definition) is 1. The van der Waals surface area contributed by atoms with Crippen LogP contribution in [0.3, 0.4) is 0 Å². The molecule has 0 fully saturated rings. The summed E-state index contributed by atoms with van der Waals surface area (Å²) in [5.41, 5.74) is 4.91. The predicted molar refractivity (Wildman–Crippen MR) is 44.7 cm³/mol. The zero-order valence-electron chi connectivity index (χ0n) is 6.63. The van der Waals surface area contributed by atoms with Gasteiger partial charge in [0, 0.05) is 0 Å². The van der Waals surface area contributed by atoms with Gasteiger partial charge in [0.2, 0.25) is 0 Å². The molecule has 0 saturated carbocycles. The van der Waals surface area contributed by atoms with Gasteiger partial charge in [0.05, 0.1) is 0 Å². The lowest BCUT2D eigenvalue weighted by atomic mass is 10.2. The number of rotatable bonds is 2. The molecule has 68 valence electrons. The van der Waals surface area contributed by atoms with Crippen molar-refractivity contribution in [3.05, 3.63) is 41.5 Å². The number of hydrogen-bond donors (Lipinski definition) is 1. The van der Waals surface area contributed by atoms with Gasteiger partial charge in [-0.25, -0.2) is 8.78 Å².